The van der Waals surface area contributed by atoms with Gasteiger partial charge in [0, 0.05) is 23.7 Å². The van der Waals surface area contributed by atoms with Crippen LogP contribution in [0.25, 0.3) is 22.2 Å². The van der Waals surface area contributed by atoms with Crippen LogP contribution in [-0.2, 0) is 7.05 Å². The molecule has 5 nitrogen and oxygen atoms in total. The lowest BCUT2D eigenvalue weighted by molar-refractivity contribution is 0.480. The SMILES string of the molecule is Cc1[nH]c2c(O)cccc2c1-c1c(N)cnn1C. The Morgan fingerprint density at radius 2 is 2.17 bits per heavy atom. The minimum Gasteiger partial charge on any atom is -0.506 e. The van der Waals surface area contributed by atoms with Crippen LogP contribution in [0.2, 0.25) is 0 Å². The summed E-state index contributed by atoms with van der Waals surface area (Å²) < 4.78 is 1.75. The molecule has 3 rings (SSSR count). The van der Waals surface area contributed by atoms with Crippen LogP contribution in [0.15, 0.2) is 24.4 Å². The summed E-state index contributed by atoms with van der Waals surface area (Å²) in [7, 11) is 1.85. The molecular weight excluding hydrogens is 228 g/mol. The highest BCUT2D eigenvalue weighted by Gasteiger charge is 2.17. The minimum atomic E-state index is 0.239. The molecule has 2 heterocycles. The zero-order valence-corrected chi connectivity index (χ0v) is 10.2. The number of nitrogen functional groups attached to an aromatic ring is 1. The number of H-pyrrole nitrogens is 1. The van der Waals surface area contributed by atoms with Crippen molar-refractivity contribution >= 4 is 16.6 Å². The monoisotopic (exact) mass is 242 g/mol. The summed E-state index contributed by atoms with van der Waals surface area (Å²) in [5.74, 6) is 0.239. The largest absolute Gasteiger partial charge is 0.506 e. The molecule has 2 aromatic heterocycles. The number of hydrogen-bond donors (Lipinski definition) is 3. The maximum absolute atomic E-state index is 9.86. The molecule has 0 unspecified atom stereocenters. The van der Waals surface area contributed by atoms with Crippen molar-refractivity contribution in [2.45, 2.75) is 6.92 Å². The van der Waals surface area contributed by atoms with Gasteiger partial charge in [0.2, 0.25) is 0 Å². The molecule has 0 aliphatic rings. The van der Waals surface area contributed by atoms with E-state index in [1.807, 2.05) is 26.1 Å². The van der Waals surface area contributed by atoms with Gasteiger partial charge in [-0.15, -0.1) is 0 Å². The van der Waals surface area contributed by atoms with Crippen molar-refractivity contribution < 1.29 is 5.11 Å². The van der Waals surface area contributed by atoms with E-state index in [4.69, 9.17) is 5.73 Å². The highest BCUT2D eigenvalue weighted by Crippen LogP contribution is 2.37. The second-order valence-electron chi connectivity index (χ2n) is 4.40. The van der Waals surface area contributed by atoms with Crippen LogP contribution in [0, 0.1) is 6.92 Å². The Kier molecular flexibility index (Phi) is 2.10. The summed E-state index contributed by atoms with van der Waals surface area (Å²) in [5, 5.41) is 15.0. The predicted molar refractivity (Wildman–Crippen MR) is 71.3 cm³/mol. The lowest BCUT2D eigenvalue weighted by atomic mass is 10.1. The number of anilines is 1. The first kappa shape index (κ1) is 10.7. The van der Waals surface area contributed by atoms with Crippen LogP contribution in [0.3, 0.4) is 0 Å². The van der Waals surface area contributed by atoms with Gasteiger partial charge in [-0.25, -0.2) is 0 Å². The number of hydrogen-bond acceptors (Lipinski definition) is 3. The van der Waals surface area contributed by atoms with E-state index in [0.717, 1.165) is 27.9 Å². The number of phenolic OH excluding ortho intramolecular Hbond substituents is 1. The predicted octanol–water partition coefficient (Wildman–Crippen LogP) is 2.16. The molecule has 1 aromatic carbocycles. The average molecular weight is 242 g/mol. The van der Waals surface area contributed by atoms with Gasteiger partial charge in [-0.2, -0.15) is 5.10 Å². The second kappa shape index (κ2) is 3.53. The number of benzene rings is 1. The summed E-state index contributed by atoms with van der Waals surface area (Å²) >= 11 is 0. The lowest BCUT2D eigenvalue weighted by Gasteiger charge is -2.04. The molecule has 5 heteroatoms. The van der Waals surface area contributed by atoms with Gasteiger partial charge >= 0.3 is 0 Å². The quantitative estimate of drug-likeness (QED) is 0.611. The van der Waals surface area contributed by atoms with Crippen LogP contribution in [0.5, 0.6) is 5.75 Å². The Hall–Kier alpha value is -2.43. The van der Waals surface area contributed by atoms with Crippen molar-refractivity contribution in [3.63, 3.8) is 0 Å². The summed E-state index contributed by atoms with van der Waals surface area (Å²) in [5.41, 5.74) is 10.1. The number of nitrogens with zero attached hydrogens (tertiary/aromatic N) is 2. The maximum atomic E-state index is 9.86. The van der Waals surface area contributed by atoms with Crippen LogP contribution < -0.4 is 5.73 Å². The van der Waals surface area contributed by atoms with E-state index in [-0.39, 0.29) is 5.75 Å². The van der Waals surface area contributed by atoms with Crippen molar-refractivity contribution in [1.29, 1.82) is 0 Å². The first-order chi connectivity index (χ1) is 8.59. The number of aryl methyl sites for hydroxylation is 2. The number of phenols is 1. The number of aromatic hydroxyl groups is 1. The minimum absolute atomic E-state index is 0.239. The van der Waals surface area contributed by atoms with Crippen molar-refractivity contribution in [3.8, 4) is 17.0 Å². The van der Waals surface area contributed by atoms with Crippen molar-refractivity contribution in [1.82, 2.24) is 14.8 Å². The smallest absolute Gasteiger partial charge is 0.139 e. The number of rotatable bonds is 1. The fourth-order valence-corrected chi connectivity index (χ4v) is 2.40. The van der Waals surface area contributed by atoms with E-state index in [1.54, 1.807) is 16.9 Å². The van der Waals surface area contributed by atoms with Crippen LogP contribution >= 0.6 is 0 Å². The highest BCUT2D eigenvalue weighted by molar-refractivity contribution is 6.01. The van der Waals surface area contributed by atoms with Gasteiger partial charge in [0.25, 0.3) is 0 Å². The molecule has 0 spiro atoms. The first-order valence-electron chi connectivity index (χ1n) is 5.67. The summed E-state index contributed by atoms with van der Waals surface area (Å²) in [6.45, 7) is 1.96. The Morgan fingerprint density at radius 3 is 2.83 bits per heavy atom. The molecule has 92 valence electrons. The summed E-state index contributed by atoms with van der Waals surface area (Å²) in [6.07, 6.45) is 1.64. The molecule has 4 N–H and O–H groups in total. The molecule has 0 bridgehead atoms. The average Bonchev–Trinajstić information content (AvgIpc) is 2.81. The normalized spacial score (nSPS) is 11.2. The number of nitrogens with one attached hydrogen (secondary N) is 1. The van der Waals surface area contributed by atoms with Crippen molar-refractivity contribution in [3.05, 3.63) is 30.1 Å². The molecule has 0 amide bonds. The number of fused-ring (bicyclic) bond motifs is 1. The fourth-order valence-electron chi connectivity index (χ4n) is 2.40. The number of aromatic amines is 1. The van der Waals surface area contributed by atoms with Gasteiger partial charge in [0.1, 0.15) is 5.75 Å². The van der Waals surface area contributed by atoms with Crippen molar-refractivity contribution in [2.75, 3.05) is 5.73 Å². The molecule has 0 saturated carbocycles. The standard InChI is InChI=1S/C13H14N4O/c1-7-11(13-9(14)6-15-17(13)2)8-4-3-5-10(18)12(8)16-7/h3-6,16,18H,14H2,1-2H3. The van der Waals surface area contributed by atoms with Crippen LogP contribution in [-0.4, -0.2) is 19.9 Å². The van der Waals surface area contributed by atoms with Crippen LogP contribution in [0.1, 0.15) is 5.69 Å². The van der Waals surface area contributed by atoms with E-state index < -0.39 is 0 Å². The molecule has 0 fully saturated rings. The third-order valence-electron chi connectivity index (χ3n) is 3.20. The van der Waals surface area contributed by atoms with Gasteiger partial charge in [-0.3, -0.25) is 4.68 Å². The molecule has 0 aliphatic carbocycles. The zero-order chi connectivity index (χ0) is 12.9. The number of para-hydroxylation sites is 1. The summed E-state index contributed by atoms with van der Waals surface area (Å²) in [4.78, 5) is 3.19. The number of aromatic nitrogens is 3. The van der Waals surface area contributed by atoms with Gasteiger partial charge in [0.15, 0.2) is 0 Å². The Balaban J connectivity index is 2.43. The molecule has 0 aliphatic heterocycles. The Labute approximate surface area is 104 Å². The van der Waals surface area contributed by atoms with E-state index in [0.29, 0.717) is 5.69 Å². The van der Waals surface area contributed by atoms with E-state index in [2.05, 4.69) is 10.1 Å². The van der Waals surface area contributed by atoms with Gasteiger partial charge < -0.3 is 15.8 Å². The molecule has 3 aromatic rings. The van der Waals surface area contributed by atoms with E-state index in [1.165, 1.54) is 0 Å². The van der Waals surface area contributed by atoms with Gasteiger partial charge in [-0.05, 0) is 13.0 Å². The van der Waals surface area contributed by atoms with E-state index in [9.17, 15) is 5.11 Å². The fraction of sp³-hybridized carbons (Fsp3) is 0.154. The second-order valence-corrected chi connectivity index (χ2v) is 4.40. The molecule has 0 saturated heterocycles. The van der Waals surface area contributed by atoms with Crippen molar-refractivity contribution in [2.24, 2.45) is 7.05 Å². The Bertz CT molecular complexity index is 719. The zero-order valence-electron chi connectivity index (χ0n) is 10.2. The van der Waals surface area contributed by atoms with Gasteiger partial charge in [-0.1, -0.05) is 12.1 Å². The lowest BCUT2D eigenvalue weighted by Crippen LogP contribution is -1.96. The topological polar surface area (TPSA) is 79.9 Å². The van der Waals surface area contributed by atoms with E-state index >= 15 is 0 Å². The Morgan fingerprint density at radius 1 is 1.39 bits per heavy atom. The third-order valence-corrected chi connectivity index (χ3v) is 3.20. The van der Waals surface area contributed by atoms with Gasteiger partial charge in [0.05, 0.1) is 23.1 Å². The highest BCUT2D eigenvalue weighted by atomic mass is 16.3. The summed E-state index contributed by atoms with van der Waals surface area (Å²) in [6, 6.07) is 5.44. The van der Waals surface area contributed by atoms with Crippen LogP contribution in [0.4, 0.5) is 5.69 Å². The molecular formula is C13H14N4O. The molecule has 0 atom stereocenters. The maximum Gasteiger partial charge on any atom is 0.139 e. The molecule has 0 radical (unpaired) electrons. The molecule has 18 heavy (non-hydrogen) atoms. The third kappa shape index (κ3) is 1.30. The number of nitrogens with two attached hydrogens (primary N) is 1. The first-order valence-corrected chi connectivity index (χ1v) is 5.67.